The molecule has 1 saturated carbocycles. The Hall–Kier alpha value is -4.20. The summed E-state index contributed by atoms with van der Waals surface area (Å²) in [5.41, 5.74) is 23.9. The number of aromatic nitrogens is 3. The first-order valence-electron chi connectivity index (χ1n) is 11.8. The van der Waals surface area contributed by atoms with Gasteiger partial charge in [-0.05, 0) is 73.3 Å². The third kappa shape index (κ3) is 4.35. The highest BCUT2D eigenvalue weighted by atomic mass is 16.2. The van der Waals surface area contributed by atoms with Crippen molar-refractivity contribution in [1.82, 2.24) is 19.7 Å². The van der Waals surface area contributed by atoms with E-state index in [0.717, 1.165) is 54.7 Å². The summed E-state index contributed by atoms with van der Waals surface area (Å²) in [6.07, 6.45) is 6.41. The summed E-state index contributed by atoms with van der Waals surface area (Å²) in [5, 5.41) is 14.8. The lowest BCUT2D eigenvalue weighted by Gasteiger charge is -2.34. The van der Waals surface area contributed by atoms with Crippen molar-refractivity contribution in [3.63, 3.8) is 0 Å². The van der Waals surface area contributed by atoms with Gasteiger partial charge in [-0.1, -0.05) is 28.4 Å². The number of aromatic amines is 1. The molecule has 1 atom stereocenters. The number of carbonyl (C=O) groups is 1. The number of nitrogens with one attached hydrogen (secondary N) is 1. The van der Waals surface area contributed by atoms with Crippen LogP contribution in [0, 0.1) is 6.92 Å². The third-order valence-corrected chi connectivity index (χ3v) is 6.90. The molecule has 1 amide bonds. The molecule has 2 aromatic heterocycles. The van der Waals surface area contributed by atoms with E-state index in [-0.39, 0.29) is 31.1 Å². The summed E-state index contributed by atoms with van der Waals surface area (Å²) in [7, 11) is 0. The summed E-state index contributed by atoms with van der Waals surface area (Å²) in [6, 6.07) is 9.81. The van der Waals surface area contributed by atoms with Crippen LogP contribution in [0.25, 0.3) is 26.6 Å². The van der Waals surface area contributed by atoms with Crippen LogP contribution in [0.4, 0.5) is 0 Å². The van der Waals surface area contributed by atoms with Gasteiger partial charge in [0.1, 0.15) is 0 Å². The Morgan fingerprint density at radius 2 is 1.94 bits per heavy atom. The Labute approximate surface area is 202 Å². The van der Waals surface area contributed by atoms with Gasteiger partial charge in [-0.15, -0.1) is 0 Å². The summed E-state index contributed by atoms with van der Waals surface area (Å²) < 4.78 is 1.95. The second kappa shape index (κ2) is 9.58. The molecule has 1 unspecified atom stereocenters. The van der Waals surface area contributed by atoms with E-state index in [1.807, 2.05) is 48.0 Å². The standard InChI is InChI=1S/C24H26N10O/c1-15-10-20(23(14-29-32-26)33(15)22-5-3-2-4-16(22)12-28-31-25)24(35)34(18-6-7-18)19-8-9-21-17(11-19)13-27-30-21/h2-5,10,13,18-19H,6-9,11-12,14H2,1H3,(H,27,30). The molecule has 2 heterocycles. The largest absolute Gasteiger partial charge is 0.332 e. The van der Waals surface area contributed by atoms with Crippen LogP contribution in [-0.2, 0) is 25.9 Å². The first-order chi connectivity index (χ1) is 17.1. The van der Waals surface area contributed by atoms with Gasteiger partial charge in [0.25, 0.3) is 5.91 Å². The number of benzene rings is 1. The number of nitrogens with zero attached hydrogens (tertiary/aromatic N) is 9. The molecular formula is C24H26N10O. The first kappa shape index (κ1) is 22.6. The van der Waals surface area contributed by atoms with Crippen molar-refractivity contribution >= 4 is 5.91 Å². The molecule has 0 spiro atoms. The summed E-state index contributed by atoms with van der Waals surface area (Å²) in [5.74, 6) is -0.0260. The van der Waals surface area contributed by atoms with E-state index in [9.17, 15) is 4.79 Å². The quantitative estimate of drug-likeness (QED) is 0.270. The van der Waals surface area contributed by atoms with Crippen molar-refractivity contribution < 1.29 is 4.79 Å². The second-order valence-corrected chi connectivity index (χ2v) is 9.10. The zero-order valence-corrected chi connectivity index (χ0v) is 19.5. The van der Waals surface area contributed by atoms with E-state index in [0.29, 0.717) is 11.3 Å². The van der Waals surface area contributed by atoms with Crippen molar-refractivity contribution in [1.29, 1.82) is 0 Å². The highest BCUT2D eigenvalue weighted by molar-refractivity contribution is 5.96. The van der Waals surface area contributed by atoms with Gasteiger partial charge < -0.3 is 9.47 Å². The molecule has 1 fully saturated rings. The van der Waals surface area contributed by atoms with Crippen molar-refractivity contribution in [2.75, 3.05) is 0 Å². The molecule has 11 nitrogen and oxygen atoms in total. The Morgan fingerprint density at radius 3 is 2.71 bits per heavy atom. The van der Waals surface area contributed by atoms with Crippen LogP contribution >= 0.6 is 0 Å². The average Bonchev–Trinajstić information content (AvgIpc) is 3.49. The highest BCUT2D eigenvalue weighted by Crippen LogP contribution is 2.36. The Kier molecular flexibility index (Phi) is 6.18. The van der Waals surface area contributed by atoms with Crippen LogP contribution in [0.2, 0.25) is 0 Å². The number of azide groups is 2. The van der Waals surface area contributed by atoms with E-state index in [4.69, 9.17) is 11.1 Å². The average molecular weight is 471 g/mol. The predicted octanol–water partition coefficient (Wildman–Crippen LogP) is 5.29. The third-order valence-electron chi connectivity index (χ3n) is 6.90. The molecule has 2 aliphatic carbocycles. The van der Waals surface area contributed by atoms with Gasteiger partial charge in [-0.2, -0.15) is 5.10 Å². The van der Waals surface area contributed by atoms with E-state index >= 15 is 0 Å². The molecule has 1 N–H and O–H groups in total. The van der Waals surface area contributed by atoms with Crippen LogP contribution in [0.3, 0.4) is 0 Å². The van der Waals surface area contributed by atoms with Crippen molar-refractivity contribution in [2.24, 2.45) is 10.2 Å². The summed E-state index contributed by atoms with van der Waals surface area (Å²) in [6.45, 7) is 2.15. The van der Waals surface area contributed by atoms with Gasteiger partial charge in [0, 0.05) is 44.7 Å². The summed E-state index contributed by atoms with van der Waals surface area (Å²) in [4.78, 5) is 22.0. The van der Waals surface area contributed by atoms with Crippen molar-refractivity contribution in [2.45, 2.75) is 64.2 Å². The Bertz CT molecular complexity index is 1350. The van der Waals surface area contributed by atoms with Gasteiger partial charge in [-0.3, -0.25) is 9.89 Å². The maximum atomic E-state index is 14.1. The fourth-order valence-electron chi connectivity index (χ4n) is 5.19. The number of carbonyl (C=O) groups excluding carboxylic acids is 1. The SMILES string of the molecule is Cc1cc(C(=O)N(C2CC2)C2CCc3[nH]ncc3C2)c(CN=[N+]=[N-])n1-c1ccccc1CN=[N+]=[N-]. The van der Waals surface area contributed by atoms with Crippen LogP contribution < -0.4 is 0 Å². The fraction of sp³-hybridized carbons (Fsp3) is 0.417. The van der Waals surface area contributed by atoms with Crippen molar-refractivity contribution in [3.05, 3.63) is 91.2 Å². The highest BCUT2D eigenvalue weighted by Gasteiger charge is 2.40. The van der Waals surface area contributed by atoms with Gasteiger partial charge in [-0.25, -0.2) is 0 Å². The molecule has 11 heteroatoms. The number of rotatable bonds is 8. The molecule has 0 radical (unpaired) electrons. The topological polar surface area (TPSA) is 151 Å². The first-order valence-corrected chi connectivity index (χ1v) is 11.8. The lowest BCUT2D eigenvalue weighted by atomic mass is 9.91. The Balaban J connectivity index is 1.56. The van der Waals surface area contributed by atoms with Crippen molar-refractivity contribution in [3.8, 4) is 5.69 Å². The normalized spacial score (nSPS) is 16.7. The lowest BCUT2D eigenvalue weighted by molar-refractivity contribution is 0.0641. The van der Waals surface area contributed by atoms with Crippen LogP contribution in [0.15, 0.2) is 46.8 Å². The molecule has 5 rings (SSSR count). The molecule has 0 bridgehead atoms. The van der Waals surface area contributed by atoms with Crippen LogP contribution in [0.1, 0.15) is 57.8 Å². The minimum Gasteiger partial charge on any atom is -0.332 e. The maximum absolute atomic E-state index is 14.1. The molecule has 178 valence electrons. The van der Waals surface area contributed by atoms with E-state index in [1.54, 1.807) is 0 Å². The van der Waals surface area contributed by atoms with Gasteiger partial charge in [0.05, 0.1) is 24.8 Å². The Morgan fingerprint density at radius 1 is 1.17 bits per heavy atom. The molecule has 1 aromatic carbocycles. The lowest BCUT2D eigenvalue weighted by Crippen LogP contribution is -2.45. The minimum atomic E-state index is -0.0260. The number of aryl methyl sites for hydroxylation is 2. The van der Waals surface area contributed by atoms with Gasteiger partial charge in [0.2, 0.25) is 0 Å². The minimum absolute atomic E-state index is 0.0260. The number of hydrogen-bond donors (Lipinski definition) is 1. The molecular weight excluding hydrogens is 444 g/mol. The van der Waals surface area contributed by atoms with E-state index in [1.165, 1.54) is 5.56 Å². The van der Waals surface area contributed by atoms with Gasteiger partial charge in [0.15, 0.2) is 0 Å². The van der Waals surface area contributed by atoms with E-state index < -0.39 is 0 Å². The maximum Gasteiger partial charge on any atom is 0.256 e. The number of fused-ring (bicyclic) bond motifs is 1. The summed E-state index contributed by atoms with van der Waals surface area (Å²) >= 11 is 0. The van der Waals surface area contributed by atoms with Crippen LogP contribution in [0.5, 0.6) is 0 Å². The monoisotopic (exact) mass is 470 g/mol. The zero-order valence-electron chi connectivity index (χ0n) is 19.5. The predicted molar refractivity (Wildman–Crippen MR) is 130 cm³/mol. The fourth-order valence-corrected chi connectivity index (χ4v) is 5.19. The molecule has 0 saturated heterocycles. The van der Waals surface area contributed by atoms with E-state index in [2.05, 4.69) is 35.1 Å². The number of hydrogen-bond acceptors (Lipinski definition) is 4. The zero-order chi connectivity index (χ0) is 24.4. The molecule has 0 aliphatic heterocycles. The number of H-pyrrole nitrogens is 1. The van der Waals surface area contributed by atoms with Crippen LogP contribution in [-0.4, -0.2) is 37.7 Å². The molecule has 2 aliphatic rings. The number of para-hydroxylation sites is 1. The second-order valence-electron chi connectivity index (χ2n) is 9.10. The van der Waals surface area contributed by atoms with Gasteiger partial charge >= 0.3 is 0 Å². The smallest absolute Gasteiger partial charge is 0.256 e. The number of amides is 1. The molecule has 35 heavy (non-hydrogen) atoms. The molecule has 3 aromatic rings.